The van der Waals surface area contributed by atoms with Gasteiger partial charge in [-0.25, -0.2) is 9.97 Å². The average molecular weight is 409 g/mol. The molecular weight excluding hydrogens is 401 g/mol. The number of aliphatic carboxylic acids is 1. The average Bonchev–Trinajstić information content (AvgIpc) is 2.65. The number of aromatic nitrogens is 3. The lowest BCUT2D eigenvalue weighted by Crippen LogP contribution is -2.10. The number of nitrogens with one attached hydrogen (secondary N) is 1. The Morgan fingerprint density at radius 1 is 1.63 bits per heavy atom. The topological polar surface area (TPSA) is 95.9 Å². The molecule has 2 aromatic heterocycles. The largest absolute Gasteiger partial charge is 0.481 e. The first-order valence-electron chi connectivity index (χ1n) is 5.06. The molecule has 0 aliphatic carbocycles. The van der Waals surface area contributed by atoms with Crippen LogP contribution in [0, 0.1) is 10.5 Å². The smallest absolute Gasteiger partial charge is 0.308 e. The maximum absolute atomic E-state index is 11.4. The molecule has 6 nitrogen and oxygen atoms in total. The summed E-state index contributed by atoms with van der Waals surface area (Å²) in [5.74, 6) is -0.882. The van der Waals surface area contributed by atoms with Crippen molar-refractivity contribution in [3.05, 3.63) is 30.8 Å². The summed E-state index contributed by atoms with van der Waals surface area (Å²) in [5.41, 5.74) is 0.506. The van der Waals surface area contributed by atoms with Crippen LogP contribution < -0.4 is 5.56 Å². The molecule has 0 spiro atoms. The SMILES string of the molecule is Cc1nc(Sc2nc[nH]c(=O)c2I)sc1CC(=O)O. The van der Waals surface area contributed by atoms with E-state index < -0.39 is 5.97 Å². The van der Waals surface area contributed by atoms with Gasteiger partial charge in [0.25, 0.3) is 5.56 Å². The number of aromatic amines is 1. The minimum atomic E-state index is -0.882. The second-order valence-corrected chi connectivity index (χ2v) is 6.91. The Labute approximate surface area is 129 Å². The van der Waals surface area contributed by atoms with Crippen molar-refractivity contribution in [1.82, 2.24) is 15.0 Å². The first-order valence-corrected chi connectivity index (χ1v) is 7.77. The van der Waals surface area contributed by atoms with E-state index in [0.717, 1.165) is 4.88 Å². The zero-order valence-corrected chi connectivity index (χ0v) is 13.4. The quantitative estimate of drug-likeness (QED) is 0.592. The Kier molecular flexibility index (Phi) is 4.58. The number of carboxylic acids is 1. The van der Waals surface area contributed by atoms with Crippen LogP contribution in [-0.4, -0.2) is 26.0 Å². The molecule has 0 amide bonds. The van der Waals surface area contributed by atoms with Gasteiger partial charge in [-0.2, -0.15) is 0 Å². The highest BCUT2D eigenvalue weighted by molar-refractivity contribution is 14.1. The van der Waals surface area contributed by atoms with Crippen molar-refractivity contribution in [1.29, 1.82) is 0 Å². The fourth-order valence-corrected chi connectivity index (χ4v) is 4.02. The number of nitrogens with zero attached hydrogens (tertiary/aromatic N) is 2. The zero-order chi connectivity index (χ0) is 14.0. The van der Waals surface area contributed by atoms with Crippen molar-refractivity contribution >= 4 is 51.7 Å². The van der Waals surface area contributed by atoms with Gasteiger partial charge in [0.05, 0.1) is 18.4 Å². The third-order valence-electron chi connectivity index (χ3n) is 2.13. The van der Waals surface area contributed by atoms with Gasteiger partial charge < -0.3 is 10.1 Å². The number of H-pyrrole nitrogens is 1. The van der Waals surface area contributed by atoms with Crippen LogP contribution in [-0.2, 0) is 11.2 Å². The Bertz CT molecular complexity index is 683. The van der Waals surface area contributed by atoms with Crippen LogP contribution in [0.25, 0.3) is 0 Å². The van der Waals surface area contributed by atoms with Crippen LogP contribution in [0.3, 0.4) is 0 Å². The van der Waals surface area contributed by atoms with Crippen LogP contribution in [0.5, 0.6) is 0 Å². The number of hydrogen-bond donors (Lipinski definition) is 2. The molecule has 0 aliphatic heterocycles. The van der Waals surface area contributed by atoms with E-state index >= 15 is 0 Å². The molecular formula is C10H8IN3O3S2. The molecule has 9 heteroatoms. The van der Waals surface area contributed by atoms with E-state index in [4.69, 9.17) is 5.11 Å². The van der Waals surface area contributed by atoms with Crippen LogP contribution >= 0.6 is 45.7 Å². The van der Waals surface area contributed by atoms with Gasteiger partial charge in [0, 0.05) is 4.88 Å². The number of rotatable bonds is 4. The Morgan fingerprint density at radius 2 is 2.37 bits per heavy atom. The molecule has 0 aliphatic rings. The van der Waals surface area contributed by atoms with Gasteiger partial charge >= 0.3 is 5.97 Å². The summed E-state index contributed by atoms with van der Waals surface area (Å²) in [6.45, 7) is 1.77. The fourth-order valence-electron chi connectivity index (χ4n) is 1.27. The molecule has 0 aromatic carbocycles. The number of hydrogen-bond acceptors (Lipinski definition) is 6. The molecule has 2 N–H and O–H groups in total. The van der Waals surface area contributed by atoms with E-state index in [-0.39, 0.29) is 12.0 Å². The molecule has 19 heavy (non-hydrogen) atoms. The highest BCUT2D eigenvalue weighted by atomic mass is 127. The predicted octanol–water partition coefficient (Wildman–Crippen LogP) is 1.92. The van der Waals surface area contributed by atoms with E-state index in [9.17, 15) is 9.59 Å². The Hall–Kier alpha value is -0.940. The minimum absolute atomic E-state index is 0.0377. The molecule has 0 fully saturated rings. The molecule has 2 rings (SSSR count). The third-order valence-corrected chi connectivity index (χ3v) is 5.72. The van der Waals surface area contributed by atoms with E-state index in [0.29, 0.717) is 18.6 Å². The van der Waals surface area contributed by atoms with E-state index in [1.54, 1.807) is 6.92 Å². The molecule has 0 saturated carbocycles. The van der Waals surface area contributed by atoms with E-state index in [2.05, 4.69) is 15.0 Å². The van der Waals surface area contributed by atoms with Crippen molar-refractivity contribution in [2.45, 2.75) is 22.7 Å². The molecule has 0 unspecified atom stereocenters. The Balaban J connectivity index is 2.27. The number of carbonyl (C=O) groups is 1. The molecule has 0 saturated heterocycles. The van der Waals surface area contributed by atoms with Gasteiger partial charge in [0.1, 0.15) is 8.60 Å². The summed E-state index contributed by atoms with van der Waals surface area (Å²) in [7, 11) is 0. The van der Waals surface area contributed by atoms with Gasteiger partial charge in [0.2, 0.25) is 0 Å². The highest BCUT2D eigenvalue weighted by Gasteiger charge is 2.14. The van der Waals surface area contributed by atoms with Crippen LogP contribution in [0.1, 0.15) is 10.6 Å². The molecule has 0 bridgehead atoms. The summed E-state index contributed by atoms with van der Waals surface area (Å²) in [6, 6.07) is 0. The lowest BCUT2D eigenvalue weighted by molar-refractivity contribution is -0.136. The first kappa shape index (κ1) is 14.5. The van der Waals surface area contributed by atoms with Crippen molar-refractivity contribution in [2.75, 3.05) is 0 Å². The van der Waals surface area contributed by atoms with Crippen molar-refractivity contribution < 1.29 is 9.90 Å². The minimum Gasteiger partial charge on any atom is -0.481 e. The summed E-state index contributed by atoms with van der Waals surface area (Å²) >= 11 is 4.50. The van der Waals surface area contributed by atoms with Gasteiger partial charge in [-0.1, -0.05) is 0 Å². The van der Waals surface area contributed by atoms with Gasteiger partial charge in [0.15, 0.2) is 4.34 Å². The van der Waals surface area contributed by atoms with Gasteiger partial charge in [-0.3, -0.25) is 9.59 Å². The van der Waals surface area contributed by atoms with Crippen LogP contribution in [0.4, 0.5) is 0 Å². The summed E-state index contributed by atoms with van der Waals surface area (Å²) < 4.78 is 1.18. The third kappa shape index (κ3) is 3.54. The van der Waals surface area contributed by atoms with Gasteiger partial charge in [-0.15, -0.1) is 11.3 Å². The standard InChI is InChI=1S/C10H8IN3O3S2/c1-4-5(2-6(15)16)18-10(14-4)19-9-7(11)8(17)12-3-13-9/h3H,2H2,1H3,(H,15,16)(H,12,13,17). The lowest BCUT2D eigenvalue weighted by atomic mass is 10.3. The Morgan fingerprint density at radius 3 is 3.05 bits per heavy atom. The maximum Gasteiger partial charge on any atom is 0.308 e. The summed E-state index contributed by atoms with van der Waals surface area (Å²) in [5, 5.41) is 9.35. The van der Waals surface area contributed by atoms with Crippen LogP contribution in [0.2, 0.25) is 0 Å². The molecule has 2 heterocycles. The van der Waals surface area contributed by atoms with E-state index in [1.165, 1.54) is 29.4 Å². The number of aryl methyl sites for hydroxylation is 1. The maximum atomic E-state index is 11.4. The number of thiazole rings is 1. The summed E-state index contributed by atoms with van der Waals surface area (Å²) in [4.78, 5) is 33.7. The van der Waals surface area contributed by atoms with Gasteiger partial charge in [-0.05, 0) is 41.3 Å². The molecule has 100 valence electrons. The fraction of sp³-hybridized carbons (Fsp3) is 0.200. The zero-order valence-electron chi connectivity index (χ0n) is 9.64. The van der Waals surface area contributed by atoms with E-state index in [1.807, 2.05) is 22.6 Å². The summed E-state index contributed by atoms with van der Waals surface area (Å²) in [6.07, 6.45) is 1.30. The number of halogens is 1. The lowest BCUT2D eigenvalue weighted by Gasteiger charge is -1.97. The second-order valence-electron chi connectivity index (χ2n) is 3.51. The highest BCUT2D eigenvalue weighted by Crippen LogP contribution is 2.33. The van der Waals surface area contributed by atoms with Crippen LogP contribution in [0.15, 0.2) is 20.5 Å². The van der Waals surface area contributed by atoms with Crippen molar-refractivity contribution in [3.8, 4) is 0 Å². The molecule has 0 atom stereocenters. The van der Waals surface area contributed by atoms with Crippen molar-refractivity contribution in [3.63, 3.8) is 0 Å². The monoisotopic (exact) mass is 409 g/mol. The second kappa shape index (κ2) is 6.01. The molecule has 2 aromatic rings. The number of carboxylic acid groups (broad SMARTS) is 1. The first-order chi connectivity index (χ1) is 8.97. The molecule has 0 radical (unpaired) electrons. The van der Waals surface area contributed by atoms with Crippen molar-refractivity contribution in [2.24, 2.45) is 0 Å². The normalized spacial score (nSPS) is 10.6. The predicted molar refractivity (Wildman–Crippen MR) is 79.9 cm³/mol.